The number of amides is 1. The Balaban J connectivity index is 2.67. The second-order valence-corrected chi connectivity index (χ2v) is 3.86. The maximum Gasteiger partial charge on any atom is 0.330 e. The van der Waals surface area contributed by atoms with Gasteiger partial charge in [0, 0.05) is 5.56 Å². The molecule has 0 fully saturated rings. The molecule has 6 nitrogen and oxygen atoms in total. The molecule has 1 aromatic carbocycles. The third kappa shape index (κ3) is 4.40. The van der Waals surface area contributed by atoms with Crippen molar-refractivity contribution in [2.45, 2.75) is 6.04 Å². The molecule has 0 heterocycles. The van der Waals surface area contributed by atoms with Gasteiger partial charge in [0.15, 0.2) is 6.04 Å². The van der Waals surface area contributed by atoms with Gasteiger partial charge in [-0.1, -0.05) is 12.7 Å². The molecular formula is C14H17NO5. The van der Waals surface area contributed by atoms with Crippen LogP contribution in [0, 0.1) is 0 Å². The van der Waals surface area contributed by atoms with Crippen LogP contribution in [0.15, 0.2) is 36.9 Å². The summed E-state index contributed by atoms with van der Waals surface area (Å²) in [5.41, 5.74) is 0.346. The predicted molar refractivity (Wildman–Crippen MR) is 72.5 cm³/mol. The average Bonchev–Trinajstić information content (AvgIpc) is 2.50. The second-order valence-electron chi connectivity index (χ2n) is 3.86. The summed E-state index contributed by atoms with van der Waals surface area (Å²) in [6.07, 6.45) is 1.61. The number of carbonyl (C=O) groups is 2. The van der Waals surface area contributed by atoms with E-state index in [-0.39, 0.29) is 0 Å². The molecule has 1 rings (SSSR count). The van der Waals surface area contributed by atoms with E-state index in [0.717, 1.165) is 0 Å². The molecule has 6 heteroatoms. The number of rotatable bonds is 7. The maximum atomic E-state index is 11.9. The Labute approximate surface area is 117 Å². The summed E-state index contributed by atoms with van der Waals surface area (Å²) in [6.45, 7) is 3.38. The molecule has 1 atom stereocenters. The molecule has 0 saturated heterocycles. The van der Waals surface area contributed by atoms with Gasteiger partial charge in [0.25, 0.3) is 5.91 Å². The zero-order chi connectivity index (χ0) is 15.0. The van der Waals surface area contributed by atoms with Gasteiger partial charge in [-0.2, -0.15) is 0 Å². The first-order valence-corrected chi connectivity index (χ1v) is 5.95. The summed E-state index contributed by atoms with van der Waals surface area (Å²) >= 11 is 0. The van der Waals surface area contributed by atoms with E-state index in [0.29, 0.717) is 17.9 Å². The second kappa shape index (κ2) is 7.96. The number of ether oxygens (including phenoxy) is 2. The molecule has 1 amide bonds. The Bertz CT molecular complexity index is 469. The van der Waals surface area contributed by atoms with Crippen molar-refractivity contribution in [3.63, 3.8) is 0 Å². The Morgan fingerprint density at radius 2 is 2.05 bits per heavy atom. The maximum absolute atomic E-state index is 11.9. The fourth-order valence-electron chi connectivity index (χ4n) is 1.42. The number of methoxy groups -OCH3 is 1. The molecular weight excluding hydrogens is 262 g/mol. The van der Waals surface area contributed by atoms with E-state index in [9.17, 15) is 9.59 Å². The van der Waals surface area contributed by atoms with E-state index < -0.39 is 24.5 Å². The van der Waals surface area contributed by atoms with Gasteiger partial charge in [0.1, 0.15) is 12.4 Å². The van der Waals surface area contributed by atoms with Crippen molar-refractivity contribution in [3.8, 4) is 5.75 Å². The molecule has 0 aromatic heterocycles. The van der Waals surface area contributed by atoms with E-state index >= 15 is 0 Å². The zero-order valence-corrected chi connectivity index (χ0v) is 11.2. The highest BCUT2D eigenvalue weighted by atomic mass is 16.5. The fraction of sp³-hybridized carbons (Fsp3) is 0.286. The van der Waals surface area contributed by atoms with E-state index in [2.05, 4.69) is 16.6 Å². The smallest absolute Gasteiger partial charge is 0.330 e. The van der Waals surface area contributed by atoms with Crippen molar-refractivity contribution in [2.24, 2.45) is 0 Å². The molecule has 0 bridgehead atoms. The molecule has 0 aliphatic heterocycles. The van der Waals surface area contributed by atoms with Crippen LogP contribution in [0.1, 0.15) is 10.4 Å². The van der Waals surface area contributed by atoms with Gasteiger partial charge < -0.3 is 19.9 Å². The summed E-state index contributed by atoms with van der Waals surface area (Å²) in [5.74, 6) is -0.579. The molecule has 2 N–H and O–H groups in total. The van der Waals surface area contributed by atoms with Crippen LogP contribution in [-0.2, 0) is 9.53 Å². The van der Waals surface area contributed by atoms with Crippen LogP contribution in [0.5, 0.6) is 5.75 Å². The van der Waals surface area contributed by atoms with Crippen molar-refractivity contribution in [2.75, 3.05) is 20.3 Å². The monoisotopic (exact) mass is 279 g/mol. The zero-order valence-electron chi connectivity index (χ0n) is 11.2. The predicted octanol–water partition coefficient (Wildman–Crippen LogP) is 0.515. The standard InChI is InChI=1S/C14H17NO5/c1-3-8-20-11-6-4-10(5-7-11)13(17)15-12(9-16)14(18)19-2/h3-7,12,16H,1,8-9H2,2H3,(H,15,17). The average molecular weight is 279 g/mol. The normalized spacial score (nSPS) is 11.3. The summed E-state index contributed by atoms with van der Waals surface area (Å²) in [4.78, 5) is 23.1. The lowest BCUT2D eigenvalue weighted by Gasteiger charge is -2.13. The van der Waals surface area contributed by atoms with Gasteiger partial charge >= 0.3 is 5.97 Å². The van der Waals surface area contributed by atoms with E-state index in [1.807, 2.05) is 0 Å². The van der Waals surface area contributed by atoms with Gasteiger partial charge in [0.2, 0.25) is 0 Å². The summed E-state index contributed by atoms with van der Waals surface area (Å²) in [6, 6.07) is 5.29. The molecule has 1 aromatic rings. The summed E-state index contributed by atoms with van der Waals surface area (Å²) < 4.78 is 9.74. The van der Waals surface area contributed by atoms with Crippen LogP contribution in [0.2, 0.25) is 0 Å². The van der Waals surface area contributed by atoms with Gasteiger partial charge in [-0.15, -0.1) is 0 Å². The van der Waals surface area contributed by atoms with Crippen molar-refractivity contribution >= 4 is 11.9 Å². The highest BCUT2D eigenvalue weighted by Crippen LogP contribution is 2.12. The SMILES string of the molecule is C=CCOc1ccc(C(=O)NC(CO)C(=O)OC)cc1. The Kier molecular flexibility index (Phi) is 6.25. The van der Waals surface area contributed by atoms with Crippen LogP contribution in [-0.4, -0.2) is 43.3 Å². The molecule has 108 valence electrons. The van der Waals surface area contributed by atoms with Crippen molar-refractivity contribution in [3.05, 3.63) is 42.5 Å². The van der Waals surface area contributed by atoms with Crippen LogP contribution < -0.4 is 10.1 Å². The highest BCUT2D eigenvalue weighted by molar-refractivity contribution is 5.96. The van der Waals surface area contributed by atoms with Crippen molar-refractivity contribution < 1.29 is 24.2 Å². The number of carbonyl (C=O) groups excluding carboxylic acids is 2. The Hall–Kier alpha value is -2.34. The first kappa shape index (κ1) is 15.7. The van der Waals surface area contributed by atoms with Gasteiger partial charge in [-0.05, 0) is 24.3 Å². The third-order valence-corrected chi connectivity index (χ3v) is 2.46. The van der Waals surface area contributed by atoms with Crippen LogP contribution in [0.3, 0.4) is 0 Å². The first-order chi connectivity index (χ1) is 9.62. The lowest BCUT2D eigenvalue weighted by molar-refractivity contribution is -0.143. The number of esters is 1. The number of aliphatic hydroxyl groups is 1. The van der Waals surface area contributed by atoms with Crippen molar-refractivity contribution in [1.82, 2.24) is 5.32 Å². The number of nitrogens with one attached hydrogen (secondary N) is 1. The largest absolute Gasteiger partial charge is 0.490 e. The minimum atomic E-state index is -1.08. The van der Waals surface area contributed by atoms with Crippen LogP contribution in [0.25, 0.3) is 0 Å². The lowest BCUT2D eigenvalue weighted by atomic mass is 10.2. The van der Waals surface area contributed by atoms with E-state index in [1.165, 1.54) is 7.11 Å². The molecule has 1 unspecified atom stereocenters. The van der Waals surface area contributed by atoms with Gasteiger partial charge in [-0.25, -0.2) is 4.79 Å². The number of benzene rings is 1. The molecule has 0 aliphatic rings. The lowest BCUT2D eigenvalue weighted by Crippen LogP contribution is -2.44. The Morgan fingerprint density at radius 1 is 1.40 bits per heavy atom. The van der Waals surface area contributed by atoms with E-state index in [1.54, 1.807) is 30.3 Å². The minimum Gasteiger partial charge on any atom is -0.490 e. The fourth-order valence-corrected chi connectivity index (χ4v) is 1.42. The van der Waals surface area contributed by atoms with Crippen LogP contribution >= 0.6 is 0 Å². The molecule has 0 aliphatic carbocycles. The molecule has 0 radical (unpaired) electrons. The molecule has 20 heavy (non-hydrogen) atoms. The topological polar surface area (TPSA) is 84.9 Å². The number of aliphatic hydroxyl groups excluding tert-OH is 1. The number of hydrogen-bond donors (Lipinski definition) is 2. The molecule has 0 spiro atoms. The van der Waals surface area contributed by atoms with Gasteiger partial charge in [-0.3, -0.25) is 4.79 Å². The Morgan fingerprint density at radius 3 is 2.55 bits per heavy atom. The first-order valence-electron chi connectivity index (χ1n) is 5.95. The third-order valence-electron chi connectivity index (χ3n) is 2.46. The van der Waals surface area contributed by atoms with Gasteiger partial charge in [0.05, 0.1) is 13.7 Å². The summed E-state index contributed by atoms with van der Waals surface area (Å²) in [7, 11) is 1.18. The number of hydrogen-bond acceptors (Lipinski definition) is 5. The molecule has 0 saturated carbocycles. The highest BCUT2D eigenvalue weighted by Gasteiger charge is 2.20. The minimum absolute atomic E-state index is 0.346. The quantitative estimate of drug-likeness (QED) is 0.561. The van der Waals surface area contributed by atoms with E-state index in [4.69, 9.17) is 9.84 Å². The van der Waals surface area contributed by atoms with Crippen molar-refractivity contribution in [1.29, 1.82) is 0 Å². The van der Waals surface area contributed by atoms with Crippen LogP contribution in [0.4, 0.5) is 0 Å². The summed E-state index contributed by atoms with van der Waals surface area (Å²) in [5, 5.41) is 11.4.